The predicted molar refractivity (Wildman–Crippen MR) is 120 cm³/mol. The molecule has 0 saturated carbocycles. The van der Waals surface area contributed by atoms with Gasteiger partial charge >= 0.3 is 0 Å². The number of carbonyl (C=O) groups is 1. The van der Waals surface area contributed by atoms with E-state index in [2.05, 4.69) is 38.4 Å². The summed E-state index contributed by atoms with van der Waals surface area (Å²) >= 11 is 12.5. The van der Waals surface area contributed by atoms with Gasteiger partial charge in [-0.1, -0.05) is 30.9 Å². The standard InChI is InChI=1S/C20H16Br2N2O2S/c1-3-9-26-18-15(21)10-13(11-16(18)22)12-17-19(25)24(20(27)23(17)2)14-7-5-4-6-8-14/h3-8,10-12H,1,9H2,2H3/b17-12-. The largest absolute Gasteiger partial charge is 0.487 e. The molecular formula is C20H16Br2N2O2S. The first-order chi connectivity index (χ1) is 12.9. The van der Waals surface area contributed by atoms with E-state index in [1.165, 1.54) is 4.90 Å². The molecule has 0 unspecified atom stereocenters. The molecule has 1 fully saturated rings. The number of thiocarbonyl (C=S) groups is 1. The van der Waals surface area contributed by atoms with Crippen LogP contribution >= 0.6 is 44.1 Å². The fourth-order valence-corrected chi connectivity index (χ4v) is 4.40. The molecular weight excluding hydrogens is 492 g/mol. The number of ether oxygens (including phenoxy) is 1. The Bertz CT molecular complexity index is 921. The van der Waals surface area contributed by atoms with Gasteiger partial charge in [-0.3, -0.25) is 9.69 Å². The number of amides is 1. The Kier molecular flexibility index (Phi) is 6.14. The number of halogens is 2. The zero-order chi connectivity index (χ0) is 19.6. The second-order valence-corrected chi connectivity index (χ2v) is 7.83. The second-order valence-electron chi connectivity index (χ2n) is 5.76. The van der Waals surface area contributed by atoms with Gasteiger partial charge in [-0.25, -0.2) is 0 Å². The van der Waals surface area contributed by atoms with Crippen LogP contribution in [0.5, 0.6) is 5.75 Å². The van der Waals surface area contributed by atoms with Gasteiger partial charge in [0.25, 0.3) is 5.91 Å². The fourth-order valence-electron chi connectivity index (χ4n) is 2.66. The lowest BCUT2D eigenvalue weighted by molar-refractivity contribution is -0.114. The normalized spacial score (nSPS) is 15.6. The lowest BCUT2D eigenvalue weighted by Crippen LogP contribution is -2.30. The highest BCUT2D eigenvalue weighted by atomic mass is 79.9. The molecule has 0 bridgehead atoms. The molecule has 1 aliphatic heterocycles. The highest BCUT2D eigenvalue weighted by Gasteiger charge is 2.36. The number of carbonyl (C=O) groups excluding carboxylic acids is 1. The van der Waals surface area contributed by atoms with Gasteiger partial charge in [0.1, 0.15) is 18.1 Å². The molecule has 1 amide bonds. The SMILES string of the molecule is C=CCOc1c(Br)cc(/C=C2/C(=O)N(c3ccccc3)C(=S)N2C)cc1Br. The van der Waals surface area contributed by atoms with E-state index < -0.39 is 0 Å². The summed E-state index contributed by atoms with van der Waals surface area (Å²) in [5, 5.41) is 0.446. The van der Waals surface area contributed by atoms with Crippen LogP contribution in [0.15, 0.2) is 69.8 Å². The lowest BCUT2D eigenvalue weighted by Gasteiger charge is -2.16. The Morgan fingerprint density at radius 1 is 1.19 bits per heavy atom. The van der Waals surface area contributed by atoms with Crippen molar-refractivity contribution >= 4 is 66.9 Å². The molecule has 1 aliphatic rings. The van der Waals surface area contributed by atoms with Gasteiger partial charge < -0.3 is 9.64 Å². The van der Waals surface area contributed by atoms with Crippen molar-refractivity contribution in [1.29, 1.82) is 0 Å². The summed E-state index contributed by atoms with van der Waals surface area (Å²) in [6, 6.07) is 13.2. The van der Waals surface area contributed by atoms with Gasteiger partial charge in [0, 0.05) is 7.05 Å². The fraction of sp³-hybridized carbons (Fsp3) is 0.100. The molecule has 1 saturated heterocycles. The third-order valence-corrected chi connectivity index (χ3v) is 5.58. The van der Waals surface area contributed by atoms with Crippen LogP contribution in [0, 0.1) is 0 Å². The zero-order valence-electron chi connectivity index (χ0n) is 14.5. The zero-order valence-corrected chi connectivity index (χ0v) is 18.5. The van der Waals surface area contributed by atoms with E-state index in [9.17, 15) is 4.79 Å². The van der Waals surface area contributed by atoms with Crippen molar-refractivity contribution in [3.8, 4) is 5.75 Å². The number of nitrogens with zero attached hydrogens (tertiary/aromatic N) is 2. The Hall–Kier alpha value is -1.96. The third kappa shape index (κ3) is 4.00. The van der Waals surface area contributed by atoms with Crippen molar-refractivity contribution in [3.05, 3.63) is 75.3 Å². The van der Waals surface area contributed by atoms with Crippen LogP contribution in [-0.2, 0) is 4.79 Å². The molecule has 27 heavy (non-hydrogen) atoms. The monoisotopic (exact) mass is 506 g/mol. The number of rotatable bonds is 5. The van der Waals surface area contributed by atoms with Crippen LogP contribution < -0.4 is 9.64 Å². The molecule has 0 aromatic heterocycles. The molecule has 0 N–H and O–H groups in total. The molecule has 0 radical (unpaired) electrons. The summed E-state index contributed by atoms with van der Waals surface area (Å²) in [5.74, 6) is 0.525. The van der Waals surface area contributed by atoms with Gasteiger partial charge in [0.05, 0.1) is 14.6 Å². The van der Waals surface area contributed by atoms with Crippen LogP contribution in [-0.4, -0.2) is 29.6 Å². The average molecular weight is 508 g/mol. The molecule has 2 aromatic rings. The Balaban J connectivity index is 1.96. The minimum atomic E-state index is -0.159. The average Bonchev–Trinajstić information content (AvgIpc) is 2.85. The molecule has 1 heterocycles. The van der Waals surface area contributed by atoms with Gasteiger partial charge in [-0.2, -0.15) is 0 Å². The topological polar surface area (TPSA) is 32.8 Å². The van der Waals surface area contributed by atoms with Crippen molar-refractivity contribution in [2.45, 2.75) is 0 Å². The quantitative estimate of drug-likeness (QED) is 0.309. The lowest BCUT2D eigenvalue weighted by atomic mass is 10.1. The number of para-hydroxylation sites is 1. The number of hydrogen-bond acceptors (Lipinski definition) is 3. The second kappa shape index (κ2) is 8.37. The molecule has 3 rings (SSSR count). The van der Waals surface area contributed by atoms with Gasteiger partial charge in [0.15, 0.2) is 5.11 Å². The van der Waals surface area contributed by atoms with E-state index in [1.54, 1.807) is 18.0 Å². The van der Waals surface area contributed by atoms with Crippen LogP contribution in [0.1, 0.15) is 5.56 Å². The van der Waals surface area contributed by atoms with Gasteiger partial charge in [0.2, 0.25) is 0 Å². The Morgan fingerprint density at radius 3 is 2.41 bits per heavy atom. The van der Waals surface area contributed by atoms with Crippen LogP contribution in [0.3, 0.4) is 0 Å². The van der Waals surface area contributed by atoms with Crippen molar-refractivity contribution < 1.29 is 9.53 Å². The molecule has 7 heteroatoms. The maximum absolute atomic E-state index is 13.0. The van der Waals surface area contributed by atoms with Gasteiger partial charge in [-0.05, 0) is 80.0 Å². The smallest absolute Gasteiger partial charge is 0.281 e. The van der Waals surface area contributed by atoms with Crippen LogP contribution in [0.4, 0.5) is 5.69 Å². The minimum absolute atomic E-state index is 0.159. The summed E-state index contributed by atoms with van der Waals surface area (Å²) in [6.07, 6.45) is 3.49. The van der Waals surface area contributed by atoms with E-state index in [4.69, 9.17) is 17.0 Å². The molecule has 0 aliphatic carbocycles. The molecule has 0 atom stereocenters. The van der Waals surface area contributed by atoms with Crippen molar-refractivity contribution in [1.82, 2.24) is 4.90 Å². The first-order valence-corrected chi connectivity index (χ1v) is 10.0. The first kappa shape index (κ1) is 19.8. The van der Waals surface area contributed by atoms with Gasteiger partial charge in [-0.15, -0.1) is 0 Å². The molecule has 4 nitrogen and oxygen atoms in total. The maximum atomic E-state index is 13.0. The summed E-state index contributed by atoms with van der Waals surface area (Å²) in [7, 11) is 1.79. The van der Waals surface area contributed by atoms with E-state index in [0.29, 0.717) is 23.2 Å². The Labute approximate surface area is 180 Å². The number of hydrogen-bond donors (Lipinski definition) is 0. The summed E-state index contributed by atoms with van der Waals surface area (Å²) in [5.41, 5.74) is 2.09. The minimum Gasteiger partial charge on any atom is -0.487 e. The van der Waals surface area contributed by atoms with E-state index in [1.807, 2.05) is 48.5 Å². The van der Waals surface area contributed by atoms with E-state index in [-0.39, 0.29) is 5.91 Å². The van der Waals surface area contributed by atoms with Crippen molar-refractivity contribution in [2.75, 3.05) is 18.6 Å². The van der Waals surface area contributed by atoms with E-state index in [0.717, 1.165) is 20.2 Å². The summed E-state index contributed by atoms with van der Waals surface area (Å²) < 4.78 is 7.19. The number of anilines is 1. The Morgan fingerprint density at radius 2 is 1.81 bits per heavy atom. The predicted octanol–water partition coefficient (Wildman–Crippen LogP) is 5.38. The molecule has 0 spiro atoms. The highest BCUT2D eigenvalue weighted by Crippen LogP contribution is 2.36. The summed E-state index contributed by atoms with van der Waals surface area (Å²) in [4.78, 5) is 16.2. The number of benzene rings is 2. The van der Waals surface area contributed by atoms with Crippen molar-refractivity contribution in [2.24, 2.45) is 0 Å². The number of likely N-dealkylation sites (N-methyl/N-ethyl adjacent to an activating group) is 1. The van der Waals surface area contributed by atoms with Crippen molar-refractivity contribution in [3.63, 3.8) is 0 Å². The summed E-state index contributed by atoms with van der Waals surface area (Å²) in [6.45, 7) is 4.05. The molecule has 2 aromatic carbocycles. The third-order valence-electron chi connectivity index (χ3n) is 3.95. The highest BCUT2D eigenvalue weighted by molar-refractivity contribution is 9.11. The maximum Gasteiger partial charge on any atom is 0.281 e. The first-order valence-electron chi connectivity index (χ1n) is 8.05. The van der Waals surface area contributed by atoms with E-state index >= 15 is 0 Å². The van der Waals surface area contributed by atoms with Crippen LogP contribution in [0.2, 0.25) is 0 Å². The molecule has 138 valence electrons. The van der Waals surface area contributed by atoms with Crippen LogP contribution in [0.25, 0.3) is 6.08 Å².